The van der Waals surface area contributed by atoms with E-state index in [0.717, 1.165) is 32.5 Å². The van der Waals surface area contributed by atoms with Gasteiger partial charge in [0.2, 0.25) is 0 Å². The van der Waals surface area contributed by atoms with E-state index >= 15 is 0 Å². The van der Waals surface area contributed by atoms with Crippen molar-refractivity contribution in [1.29, 1.82) is 0 Å². The highest BCUT2D eigenvalue weighted by atomic mass is 32.2. The molecule has 5 atom stereocenters. The van der Waals surface area contributed by atoms with Crippen LogP contribution in [0.5, 0.6) is 5.75 Å². The zero-order chi connectivity index (χ0) is 28.4. The number of hydrogen-bond acceptors (Lipinski definition) is 14. The summed E-state index contributed by atoms with van der Waals surface area (Å²) in [5.74, 6) is -3.04. The van der Waals surface area contributed by atoms with E-state index < -0.39 is 59.7 Å². The number of esters is 5. The van der Waals surface area contributed by atoms with Crippen LogP contribution in [-0.2, 0) is 54.1 Å². The number of carbonyl (C=O) groups excluding carboxylic acids is 5. The van der Waals surface area contributed by atoms with Crippen molar-refractivity contribution in [3.05, 3.63) is 29.8 Å². The van der Waals surface area contributed by atoms with Gasteiger partial charge >= 0.3 is 29.8 Å². The quantitative estimate of drug-likeness (QED) is 0.0889. The van der Waals surface area contributed by atoms with E-state index in [9.17, 15) is 29.2 Å². The molecule has 0 spiro atoms. The fourth-order valence-electron chi connectivity index (χ4n) is 3.53. The zero-order valence-corrected chi connectivity index (χ0v) is 22.2. The van der Waals surface area contributed by atoms with Gasteiger partial charge in [0.1, 0.15) is 28.9 Å². The fraction of sp³-hybridized carbons (Fsp3) is 0.500. The Morgan fingerprint density at radius 3 is 1.87 bits per heavy atom. The molecule has 0 aliphatic carbocycles. The lowest BCUT2D eigenvalue weighted by molar-refractivity contribution is -0.237. The topological polar surface area (TPSA) is 173 Å². The molecule has 1 aliphatic heterocycles. The van der Waals surface area contributed by atoms with Crippen molar-refractivity contribution in [1.82, 2.24) is 0 Å². The van der Waals surface area contributed by atoms with Crippen LogP contribution in [0.25, 0.3) is 0 Å². The van der Waals surface area contributed by atoms with Crippen LogP contribution in [0.4, 0.5) is 0 Å². The number of benzene rings is 1. The second kappa shape index (κ2) is 14.3. The Bertz CT molecular complexity index is 1060. The highest BCUT2D eigenvalue weighted by Crippen LogP contribution is 2.35. The smallest absolute Gasteiger partial charge is 0.308 e. The number of oxime groups is 1. The second-order valence-electron chi connectivity index (χ2n) is 8.09. The molecule has 0 unspecified atom stereocenters. The predicted octanol–water partition coefficient (Wildman–Crippen LogP) is 1.76. The number of ether oxygens (including phenoxy) is 6. The van der Waals surface area contributed by atoms with Gasteiger partial charge in [-0.25, -0.2) is 0 Å². The first kappa shape index (κ1) is 30.6. The molecule has 1 aromatic rings. The Morgan fingerprint density at radius 2 is 1.37 bits per heavy atom. The monoisotopic (exact) mass is 555 g/mol. The maximum Gasteiger partial charge on any atom is 0.308 e. The van der Waals surface area contributed by atoms with E-state index in [1.165, 1.54) is 13.8 Å². The summed E-state index contributed by atoms with van der Waals surface area (Å²) in [6, 6.07) is 6.42. The molecule has 13 nitrogen and oxygen atoms in total. The fourth-order valence-corrected chi connectivity index (χ4v) is 4.64. The van der Waals surface area contributed by atoms with Gasteiger partial charge < -0.3 is 33.6 Å². The van der Waals surface area contributed by atoms with Crippen molar-refractivity contribution in [2.75, 3.05) is 6.61 Å². The molecule has 0 aromatic heterocycles. The minimum absolute atomic E-state index is 0.0917. The molecule has 0 bridgehead atoms. The highest BCUT2D eigenvalue weighted by Gasteiger charge is 2.52. The van der Waals surface area contributed by atoms with Crippen LogP contribution in [0.15, 0.2) is 29.4 Å². The lowest BCUT2D eigenvalue weighted by Crippen LogP contribution is -2.61. The molecule has 1 fully saturated rings. The van der Waals surface area contributed by atoms with E-state index in [0.29, 0.717) is 11.3 Å². The van der Waals surface area contributed by atoms with Gasteiger partial charge in [0.15, 0.2) is 18.3 Å². The summed E-state index contributed by atoms with van der Waals surface area (Å²) in [4.78, 5) is 58.3. The van der Waals surface area contributed by atoms with Gasteiger partial charge in [-0.3, -0.25) is 24.0 Å². The van der Waals surface area contributed by atoms with E-state index in [1.54, 1.807) is 24.3 Å². The third kappa shape index (κ3) is 9.67. The first-order valence-corrected chi connectivity index (χ1v) is 12.2. The average molecular weight is 556 g/mol. The second-order valence-corrected chi connectivity index (χ2v) is 9.27. The summed E-state index contributed by atoms with van der Waals surface area (Å²) in [6.07, 6.45) is -4.97. The van der Waals surface area contributed by atoms with Crippen molar-refractivity contribution in [2.45, 2.75) is 70.9 Å². The molecule has 208 valence electrons. The lowest BCUT2D eigenvalue weighted by atomic mass is 9.99. The Hall–Kier alpha value is -3.65. The van der Waals surface area contributed by atoms with Crippen molar-refractivity contribution >= 4 is 46.7 Å². The first-order valence-electron chi connectivity index (χ1n) is 11.3. The molecule has 1 N–H and O–H groups in total. The number of thioether (sulfide) groups is 1. The molecule has 0 saturated carbocycles. The average Bonchev–Trinajstić information content (AvgIpc) is 2.81. The maximum absolute atomic E-state index is 11.9. The summed E-state index contributed by atoms with van der Waals surface area (Å²) in [5.41, 5.74) is -0.464. The first-order chi connectivity index (χ1) is 17.9. The molecule has 1 aromatic carbocycles. The van der Waals surface area contributed by atoms with Crippen LogP contribution in [-0.4, -0.2) is 76.6 Å². The summed E-state index contributed by atoms with van der Waals surface area (Å²) in [5, 5.41) is 13.1. The number of hydrogen-bond donors (Lipinski definition) is 1. The Kier molecular flexibility index (Phi) is 11.5. The van der Waals surface area contributed by atoms with E-state index in [1.807, 2.05) is 0 Å². The third-order valence-corrected chi connectivity index (χ3v) is 5.96. The molecule has 1 aliphatic rings. The highest BCUT2D eigenvalue weighted by molar-refractivity contribution is 8.14. The normalized spacial score (nSPS) is 23.1. The van der Waals surface area contributed by atoms with Crippen molar-refractivity contribution in [3.63, 3.8) is 0 Å². The van der Waals surface area contributed by atoms with Crippen LogP contribution >= 0.6 is 11.8 Å². The molecule has 1 heterocycles. The maximum atomic E-state index is 11.9. The van der Waals surface area contributed by atoms with Crippen molar-refractivity contribution < 1.29 is 57.6 Å². The van der Waals surface area contributed by atoms with Crippen LogP contribution in [0.1, 0.15) is 40.2 Å². The van der Waals surface area contributed by atoms with Gasteiger partial charge in [-0.05, 0) is 17.7 Å². The molecule has 14 heteroatoms. The number of nitrogens with zero attached hydrogens (tertiary/aromatic N) is 1. The molecular weight excluding hydrogens is 526 g/mol. The zero-order valence-electron chi connectivity index (χ0n) is 21.4. The van der Waals surface area contributed by atoms with Gasteiger partial charge in [0, 0.05) is 41.0 Å². The summed E-state index contributed by atoms with van der Waals surface area (Å²) >= 11 is 0.858. The SMILES string of the molecule is CC(=O)OC[C@H]1O[C@@H](S/C(Cc2ccc(OC(C)=O)cc2)=N\O)[C@H](OC(C)=O)[C@@H](OC(C)=O)[C@@H]1OC(C)=O. The van der Waals surface area contributed by atoms with E-state index in [4.69, 9.17) is 28.4 Å². The van der Waals surface area contributed by atoms with Crippen LogP contribution < -0.4 is 4.74 Å². The molecule has 2 rings (SSSR count). The molecule has 0 amide bonds. The standard InChI is InChI=1S/C24H29NO12S/c1-12(26)32-11-19-21(34-14(3)28)22(35-15(4)29)23(36-16(5)30)24(37-19)38-20(25-31)10-17-6-8-18(9-7-17)33-13(2)27/h6-9,19,21-24,31H,10-11H2,1-5H3/b25-20-/t19-,21-,22+,23-,24+/m1/s1. The summed E-state index contributed by atoms with van der Waals surface area (Å²) in [6.45, 7) is 5.44. The molecule has 0 radical (unpaired) electrons. The van der Waals surface area contributed by atoms with Gasteiger partial charge in [-0.15, -0.1) is 0 Å². The Labute approximate surface area is 222 Å². The lowest BCUT2D eigenvalue weighted by Gasteiger charge is -2.44. The van der Waals surface area contributed by atoms with Crippen molar-refractivity contribution in [3.8, 4) is 5.75 Å². The van der Waals surface area contributed by atoms with Gasteiger partial charge in [-0.1, -0.05) is 29.1 Å². The Balaban J connectivity index is 2.37. The number of carbonyl (C=O) groups is 5. The van der Waals surface area contributed by atoms with Crippen LogP contribution in [0.3, 0.4) is 0 Å². The van der Waals surface area contributed by atoms with Crippen LogP contribution in [0, 0.1) is 0 Å². The third-order valence-electron chi connectivity index (χ3n) is 4.85. The minimum Gasteiger partial charge on any atom is -0.463 e. The van der Waals surface area contributed by atoms with E-state index in [2.05, 4.69) is 5.16 Å². The minimum atomic E-state index is -1.34. The molecular formula is C24H29NO12S. The largest absolute Gasteiger partial charge is 0.463 e. The Morgan fingerprint density at radius 1 is 0.816 bits per heavy atom. The van der Waals surface area contributed by atoms with Gasteiger partial charge in [-0.2, -0.15) is 0 Å². The summed E-state index contributed by atoms with van der Waals surface area (Å²) in [7, 11) is 0. The van der Waals surface area contributed by atoms with Crippen LogP contribution in [0.2, 0.25) is 0 Å². The molecule has 1 saturated heterocycles. The predicted molar refractivity (Wildman–Crippen MR) is 130 cm³/mol. The molecule has 38 heavy (non-hydrogen) atoms. The van der Waals surface area contributed by atoms with Crippen molar-refractivity contribution in [2.24, 2.45) is 5.16 Å². The van der Waals surface area contributed by atoms with Gasteiger partial charge in [0.05, 0.1) is 0 Å². The number of rotatable bonds is 9. The van der Waals surface area contributed by atoms with E-state index in [-0.39, 0.29) is 18.1 Å². The van der Waals surface area contributed by atoms with Gasteiger partial charge in [0.25, 0.3) is 0 Å². The summed E-state index contributed by atoms with van der Waals surface area (Å²) < 4.78 is 32.2.